The van der Waals surface area contributed by atoms with Crippen molar-refractivity contribution in [3.8, 4) is 0 Å². The number of nitrogens with zero attached hydrogens (tertiary/aromatic N) is 2. The highest BCUT2D eigenvalue weighted by Gasteiger charge is 2.64. The number of ether oxygens (including phenoxy) is 2. The highest BCUT2D eigenvalue weighted by molar-refractivity contribution is 5.92. The Labute approximate surface area is 160 Å². The van der Waals surface area contributed by atoms with Gasteiger partial charge in [-0.2, -0.15) is 0 Å². The Hall–Kier alpha value is -2.50. The van der Waals surface area contributed by atoms with Gasteiger partial charge in [-0.15, -0.1) is 0 Å². The summed E-state index contributed by atoms with van der Waals surface area (Å²) in [6.07, 6.45) is 3.88. The second kappa shape index (κ2) is 7.49. The van der Waals surface area contributed by atoms with Crippen molar-refractivity contribution in [2.24, 2.45) is 5.73 Å². The van der Waals surface area contributed by atoms with Gasteiger partial charge in [0, 0.05) is 18.0 Å². The summed E-state index contributed by atoms with van der Waals surface area (Å²) >= 11 is 0. The molecule has 10 heteroatoms. The lowest BCUT2D eigenvalue weighted by Crippen LogP contribution is -2.75. The molecule has 0 radical (unpaired) electrons. The standard InChI is InChI=1S/C18H21FN4O5/c1-16(2,25)9-26-18(13-4-3-5-14(19)6-13)17(20,10-27-18)28-23-15(24)12-7-21-11-22-8-12/h3-8,11,25H,9-10,20H2,1-2H3,(H,23,24). The van der Waals surface area contributed by atoms with Crippen LogP contribution in [0.1, 0.15) is 29.8 Å². The molecular formula is C18H21FN4O5. The van der Waals surface area contributed by atoms with Gasteiger partial charge in [-0.05, 0) is 26.0 Å². The number of rotatable bonds is 7. The number of halogens is 1. The van der Waals surface area contributed by atoms with E-state index < -0.39 is 28.8 Å². The Kier molecular flexibility index (Phi) is 5.41. The van der Waals surface area contributed by atoms with Gasteiger partial charge in [0.25, 0.3) is 5.91 Å². The van der Waals surface area contributed by atoms with E-state index in [9.17, 15) is 14.3 Å². The van der Waals surface area contributed by atoms with E-state index in [2.05, 4.69) is 15.4 Å². The summed E-state index contributed by atoms with van der Waals surface area (Å²) in [5, 5.41) is 10.0. The number of hydroxylamine groups is 1. The number of benzene rings is 1. The third-order valence-electron chi connectivity index (χ3n) is 4.03. The Morgan fingerprint density at radius 2 is 2.14 bits per heavy atom. The summed E-state index contributed by atoms with van der Waals surface area (Å²) < 4.78 is 25.1. The molecular weight excluding hydrogens is 371 g/mol. The van der Waals surface area contributed by atoms with Crippen molar-refractivity contribution in [3.63, 3.8) is 0 Å². The number of hydrogen-bond donors (Lipinski definition) is 3. The Balaban J connectivity index is 1.83. The van der Waals surface area contributed by atoms with E-state index >= 15 is 0 Å². The van der Waals surface area contributed by atoms with Crippen LogP contribution in [0.5, 0.6) is 0 Å². The molecule has 28 heavy (non-hydrogen) atoms. The molecule has 0 aliphatic carbocycles. The SMILES string of the molecule is CC(C)(O)COC1(c2cccc(F)c2)OCC1(N)ONC(=O)c1cncnc1. The summed E-state index contributed by atoms with van der Waals surface area (Å²) in [5.41, 5.74) is 6.01. The normalized spacial score (nSPS) is 24.5. The molecule has 0 bridgehead atoms. The second-order valence-corrected chi connectivity index (χ2v) is 7.07. The van der Waals surface area contributed by atoms with E-state index in [0.717, 1.165) is 0 Å². The van der Waals surface area contributed by atoms with Crippen molar-refractivity contribution in [3.05, 3.63) is 59.9 Å². The molecule has 4 N–H and O–H groups in total. The average molecular weight is 392 g/mol. The summed E-state index contributed by atoms with van der Waals surface area (Å²) in [5.74, 6) is -2.91. The van der Waals surface area contributed by atoms with E-state index in [1.54, 1.807) is 6.07 Å². The maximum Gasteiger partial charge on any atom is 0.278 e. The van der Waals surface area contributed by atoms with Crippen LogP contribution in [0.3, 0.4) is 0 Å². The van der Waals surface area contributed by atoms with Gasteiger partial charge >= 0.3 is 0 Å². The first-order valence-electron chi connectivity index (χ1n) is 8.44. The fourth-order valence-electron chi connectivity index (χ4n) is 2.60. The summed E-state index contributed by atoms with van der Waals surface area (Å²) in [4.78, 5) is 25.1. The van der Waals surface area contributed by atoms with Gasteiger partial charge < -0.3 is 14.6 Å². The number of nitrogens with one attached hydrogen (secondary N) is 1. The van der Waals surface area contributed by atoms with Gasteiger partial charge in [-0.1, -0.05) is 12.1 Å². The maximum absolute atomic E-state index is 13.8. The molecule has 150 valence electrons. The van der Waals surface area contributed by atoms with Crippen LogP contribution in [-0.4, -0.2) is 45.5 Å². The lowest BCUT2D eigenvalue weighted by atomic mass is 9.89. The molecule has 1 aliphatic heterocycles. The van der Waals surface area contributed by atoms with E-state index in [1.807, 2.05) is 0 Å². The van der Waals surface area contributed by atoms with Gasteiger partial charge in [0.1, 0.15) is 18.8 Å². The zero-order chi connectivity index (χ0) is 20.4. The number of nitrogens with two attached hydrogens (primary N) is 1. The highest BCUT2D eigenvalue weighted by atomic mass is 19.1. The molecule has 0 spiro atoms. The second-order valence-electron chi connectivity index (χ2n) is 7.07. The zero-order valence-electron chi connectivity index (χ0n) is 15.4. The van der Waals surface area contributed by atoms with Crippen molar-refractivity contribution in [1.29, 1.82) is 0 Å². The Bertz CT molecular complexity index is 847. The van der Waals surface area contributed by atoms with Crippen molar-refractivity contribution in [2.45, 2.75) is 31.0 Å². The fraction of sp³-hybridized carbons (Fsp3) is 0.389. The van der Waals surface area contributed by atoms with Crippen molar-refractivity contribution in [2.75, 3.05) is 13.2 Å². The first-order valence-corrected chi connectivity index (χ1v) is 8.44. The van der Waals surface area contributed by atoms with Gasteiger partial charge in [0.15, 0.2) is 0 Å². The summed E-state index contributed by atoms with van der Waals surface area (Å²) in [6, 6.07) is 5.44. The van der Waals surface area contributed by atoms with Crippen LogP contribution in [0.4, 0.5) is 4.39 Å². The van der Waals surface area contributed by atoms with Crippen LogP contribution in [-0.2, 0) is 20.1 Å². The Morgan fingerprint density at radius 1 is 1.43 bits per heavy atom. The van der Waals surface area contributed by atoms with Crippen LogP contribution in [0.15, 0.2) is 43.0 Å². The minimum Gasteiger partial charge on any atom is -0.388 e. The largest absolute Gasteiger partial charge is 0.388 e. The monoisotopic (exact) mass is 392 g/mol. The van der Waals surface area contributed by atoms with Gasteiger partial charge in [-0.25, -0.2) is 24.7 Å². The molecule has 1 fully saturated rings. The first kappa shape index (κ1) is 20.2. The molecule has 1 aromatic heterocycles. The number of aliphatic hydroxyl groups is 1. The summed E-state index contributed by atoms with van der Waals surface area (Å²) in [7, 11) is 0. The molecule has 0 saturated carbocycles. The van der Waals surface area contributed by atoms with Gasteiger partial charge in [0.05, 0.1) is 17.8 Å². The van der Waals surface area contributed by atoms with Crippen molar-refractivity contribution >= 4 is 5.91 Å². The molecule has 2 atom stereocenters. The minimum atomic E-state index is -1.74. The number of carbonyl (C=O) groups is 1. The molecule has 1 amide bonds. The minimum absolute atomic E-state index is 0.152. The van der Waals surface area contributed by atoms with Crippen molar-refractivity contribution in [1.82, 2.24) is 15.4 Å². The number of amides is 1. The van der Waals surface area contributed by atoms with E-state index in [4.69, 9.17) is 20.0 Å². The predicted molar refractivity (Wildman–Crippen MR) is 93.8 cm³/mol. The predicted octanol–water partition coefficient (Wildman–Crippen LogP) is 0.603. The fourth-order valence-corrected chi connectivity index (χ4v) is 2.60. The van der Waals surface area contributed by atoms with Gasteiger partial charge in [0.2, 0.25) is 11.5 Å². The van der Waals surface area contributed by atoms with E-state index in [1.165, 1.54) is 50.8 Å². The molecule has 1 aliphatic rings. The molecule has 2 unspecified atom stereocenters. The molecule has 9 nitrogen and oxygen atoms in total. The number of aromatic nitrogens is 2. The van der Waals surface area contributed by atoms with Crippen LogP contribution < -0.4 is 11.2 Å². The van der Waals surface area contributed by atoms with Crippen LogP contribution in [0.25, 0.3) is 0 Å². The quantitative estimate of drug-likeness (QED) is 0.462. The number of hydrogen-bond acceptors (Lipinski definition) is 8. The Morgan fingerprint density at radius 3 is 2.71 bits per heavy atom. The molecule has 2 aromatic rings. The molecule has 2 heterocycles. The van der Waals surface area contributed by atoms with Crippen LogP contribution in [0.2, 0.25) is 0 Å². The van der Waals surface area contributed by atoms with Gasteiger partial charge in [-0.3, -0.25) is 10.5 Å². The zero-order valence-corrected chi connectivity index (χ0v) is 15.4. The third-order valence-corrected chi connectivity index (χ3v) is 4.03. The topological polar surface area (TPSA) is 129 Å². The average Bonchev–Trinajstić information content (AvgIpc) is 2.65. The van der Waals surface area contributed by atoms with Crippen LogP contribution >= 0.6 is 0 Å². The highest BCUT2D eigenvalue weighted by Crippen LogP contribution is 2.46. The lowest BCUT2D eigenvalue weighted by molar-refractivity contribution is -0.443. The van der Waals surface area contributed by atoms with E-state index in [0.29, 0.717) is 0 Å². The lowest BCUT2D eigenvalue weighted by Gasteiger charge is -2.54. The number of carbonyl (C=O) groups excluding carboxylic acids is 1. The molecule has 1 aromatic carbocycles. The van der Waals surface area contributed by atoms with E-state index in [-0.39, 0.29) is 24.3 Å². The maximum atomic E-state index is 13.8. The first-order chi connectivity index (χ1) is 13.2. The smallest absolute Gasteiger partial charge is 0.278 e. The molecule has 1 saturated heterocycles. The van der Waals surface area contributed by atoms with Crippen LogP contribution in [0, 0.1) is 5.82 Å². The van der Waals surface area contributed by atoms with Crippen molar-refractivity contribution < 1.29 is 28.6 Å². The third kappa shape index (κ3) is 4.01. The summed E-state index contributed by atoms with van der Waals surface area (Å²) in [6.45, 7) is 2.72. The molecule has 3 rings (SSSR count).